The molecule has 3 nitrogen and oxygen atoms in total. The Morgan fingerprint density at radius 3 is 2.68 bits per heavy atom. The number of rotatable bonds is 11. The Morgan fingerprint density at radius 2 is 2.00 bits per heavy atom. The van der Waals surface area contributed by atoms with Gasteiger partial charge in [-0.3, -0.25) is 0 Å². The molecule has 0 bridgehead atoms. The van der Waals surface area contributed by atoms with Crippen LogP contribution in [0, 0.1) is 0 Å². The molecule has 1 fully saturated rings. The van der Waals surface area contributed by atoms with Crippen LogP contribution >= 0.6 is 0 Å². The Kier molecular flexibility index (Phi) is 6.90. The van der Waals surface area contributed by atoms with Crippen molar-refractivity contribution in [3.8, 4) is 0 Å². The van der Waals surface area contributed by atoms with Crippen molar-refractivity contribution < 1.29 is 13.9 Å². The molecule has 3 unspecified atom stereocenters. The largest absolute Gasteiger partial charge is 0.467 e. The van der Waals surface area contributed by atoms with Gasteiger partial charge in [0.2, 0.25) is 0 Å². The summed E-state index contributed by atoms with van der Waals surface area (Å²) in [6, 6.07) is 17.5. The van der Waals surface area contributed by atoms with E-state index in [1.807, 2.05) is 12.1 Å². The van der Waals surface area contributed by atoms with Gasteiger partial charge in [0.25, 0.3) is 0 Å². The van der Waals surface area contributed by atoms with Crippen LogP contribution in [0.5, 0.6) is 0 Å². The number of furan rings is 1. The Labute approximate surface area is 152 Å². The fourth-order valence-corrected chi connectivity index (χ4v) is 5.58. The predicted molar refractivity (Wildman–Crippen MR) is 102 cm³/mol. The lowest BCUT2D eigenvalue weighted by Gasteiger charge is -2.18. The fourth-order valence-electron chi connectivity index (χ4n) is 3.28. The summed E-state index contributed by atoms with van der Waals surface area (Å²) >= 11 is 0. The minimum absolute atomic E-state index is 0.0700. The summed E-state index contributed by atoms with van der Waals surface area (Å²) in [7, 11) is -0.329. The first-order valence-corrected chi connectivity index (χ1v) is 11.8. The molecular weight excluding hydrogens is 328 g/mol. The molecule has 1 aromatic carbocycles. The van der Waals surface area contributed by atoms with Gasteiger partial charge in [-0.2, -0.15) is 0 Å². The maximum Gasteiger partial charge on any atom is 0.132 e. The maximum absolute atomic E-state index is 6.04. The molecule has 0 saturated carbocycles. The highest BCUT2D eigenvalue weighted by Crippen LogP contribution is 2.28. The molecule has 1 saturated heterocycles. The van der Waals surface area contributed by atoms with E-state index in [0.29, 0.717) is 18.6 Å². The first-order valence-electron chi connectivity index (χ1n) is 9.35. The van der Waals surface area contributed by atoms with Crippen molar-refractivity contribution in [3.05, 3.63) is 60.1 Å². The molecule has 0 aliphatic carbocycles. The number of ether oxygens (including phenoxy) is 2. The van der Waals surface area contributed by atoms with E-state index in [9.17, 15) is 0 Å². The second-order valence-corrected chi connectivity index (χ2v) is 9.98. The average Bonchev–Trinajstić information content (AvgIpc) is 3.30. The molecule has 2 aromatic rings. The first-order chi connectivity index (χ1) is 12.2. The van der Waals surface area contributed by atoms with Crippen molar-refractivity contribution in [1.82, 2.24) is 0 Å². The van der Waals surface area contributed by atoms with Gasteiger partial charge in [-0.1, -0.05) is 62.3 Å². The smallest absolute Gasteiger partial charge is 0.132 e. The van der Waals surface area contributed by atoms with Crippen LogP contribution in [0.25, 0.3) is 0 Å². The molecule has 4 heteroatoms. The molecule has 0 N–H and O–H groups in total. The summed E-state index contributed by atoms with van der Waals surface area (Å²) in [6.07, 6.45) is 4.33. The zero-order valence-electron chi connectivity index (χ0n) is 15.3. The van der Waals surface area contributed by atoms with E-state index in [1.54, 1.807) is 6.26 Å². The topological polar surface area (TPSA) is 34.9 Å². The van der Waals surface area contributed by atoms with E-state index in [-0.39, 0.29) is 14.9 Å². The highest BCUT2D eigenvalue weighted by Gasteiger charge is 2.25. The van der Waals surface area contributed by atoms with Crippen molar-refractivity contribution in [3.63, 3.8) is 0 Å². The minimum atomic E-state index is -0.329. The number of epoxide rings is 1. The molecule has 1 aliphatic rings. The van der Waals surface area contributed by atoms with Crippen LogP contribution < -0.4 is 0 Å². The van der Waals surface area contributed by atoms with Crippen LogP contribution in [0.15, 0.2) is 53.1 Å². The SMILES string of the molecule is CC(C[Si](C)CCCC(OCC1CO1)c1ccco1)c1ccccc1. The summed E-state index contributed by atoms with van der Waals surface area (Å²) in [6.45, 7) is 6.34. The molecule has 1 aliphatic heterocycles. The minimum Gasteiger partial charge on any atom is -0.467 e. The Balaban J connectivity index is 1.41. The van der Waals surface area contributed by atoms with Crippen molar-refractivity contribution in [1.29, 1.82) is 0 Å². The molecule has 0 amide bonds. The summed E-state index contributed by atoms with van der Waals surface area (Å²) in [5.74, 6) is 1.60. The van der Waals surface area contributed by atoms with Gasteiger partial charge < -0.3 is 13.9 Å². The number of hydrogen-bond acceptors (Lipinski definition) is 3. The first kappa shape index (κ1) is 18.4. The van der Waals surface area contributed by atoms with Crippen LogP contribution in [0.3, 0.4) is 0 Å². The summed E-state index contributed by atoms with van der Waals surface area (Å²) in [5, 5.41) is 0. The van der Waals surface area contributed by atoms with Crippen molar-refractivity contribution in [2.24, 2.45) is 0 Å². The van der Waals surface area contributed by atoms with Crippen LogP contribution in [0.4, 0.5) is 0 Å². The number of benzene rings is 1. The molecule has 3 atom stereocenters. The van der Waals surface area contributed by atoms with Gasteiger partial charge in [0.05, 0.1) is 19.5 Å². The lowest BCUT2D eigenvalue weighted by atomic mass is 10.0. The molecular formula is C21H29O3Si. The van der Waals surface area contributed by atoms with Crippen molar-refractivity contribution in [2.75, 3.05) is 13.2 Å². The van der Waals surface area contributed by atoms with Gasteiger partial charge in [-0.05, 0) is 30.0 Å². The zero-order chi connectivity index (χ0) is 17.5. The van der Waals surface area contributed by atoms with Crippen molar-refractivity contribution in [2.45, 2.75) is 56.5 Å². The van der Waals surface area contributed by atoms with Gasteiger partial charge in [0, 0.05) is 8.80 Å². The highest BCUT2D eigenvalue weighted by atomic mass is 28.3. The third kappa shape index (κ3) is 6.14. The third-order valence-corrected chi connectivity index (χ3v) is 7.36. The van der Waals surface area contributed by atoms with Gasteiger partial charge in [0.15, 0.2) is 0 Å². The van der Waals surface area contributed by atoms with E-state index < -0.39 is 0 Å². The second-order valence-electron chi connectivity index (χ2n) is 7.16. The predicted octanol–water partition coefficient (Wildman–Crippen LogP) is 5.44. The fraction of sp³-hybridized carbons (Fsp3) is 0.524. The van der Waals surface area contributed by atoms with Crippen LogP contribution in [0.2, 0.25) is 18.6 Å². The molecule has 0 spiro atoms. The van der Waals surface area contributed by atoms with Crippen LogP contribution in [-0.4, -0.2) is 28.1 Å². The van der Waals surface area contributed by atoms with E-state index in [4.69, 9.17) is 13.9 Å². The molecule has 25 heavy (non-hydrogen) atoms. The number of hydrogen-bond donors (Lipinski definition) is 0. The Bertz CT molecular complexity index is 595. The normalized spacial score (nSPS) is 19.1. The highest BCUT2D eigenvalue weighted by molar-refractivity contribution is 6.57. The summed E-state index contributed by atoms with van der Waals surface area (Å²) < 4.78 is 16.9. The lowest BCUT2D eigenvalue weighted by molar-refractivity contribution is 0.0223. The molecule has 1 aromatic heterocycles. The second kappa shape index (κ2) is 9.37. The quantitative estimate of drug-likeness (QED) is 0.396. The van der Waals surface area contributed by atoms with Crippen molar-refractivity contribution >= 4 is 8.80 Å². The summed E-state index contributed by atoms with van der Waals surface area (Å²) in [4.78, 5) is 0. The van der Waals surface area contributed by atoms with E-state index >= 15 is 0 Å². The van der Waals surface area contributed by atoms with Gasteiger partial charge >= 0.3 is 0 Å². The van der Waals surface area contributed by atoms with Crippen LogP contribution in [-0.2, 0) is 9.47 Å². The summed E-state index contributed by atoms with van der Waals surface area (Å²) in [5.41, 5.74) is 1.47. The molecule has 135 valence electrons. The molecule has 1 radical (unpaired) electrons. The molecule has 2 heterocycles. The standard InChI is InChI=1S/C21H29O3Si/c1-17(18-8-4-3-5-9-18)16-25(2)13-7-11-21(20-10-6-12-22-20)24-15-19-14-23-19/h3-6,8-10,12,17,19,21H,7,11,13-16H2,1-2H3. The van der Waals surface area contributed by atoms with E-state index in [0.717, 1.165) is 18.8 Å². The molecule has 3 rings (SSSR count). The monoisotopic (exact) mass is 357 g/mol. The average molecular weight is 358 g/mol. The lowest BCUT2D eigenvalue weighted by Crippen LogP contribution is -2.13. The van der Waals surface area contributed by atoms with Gasteiger partial charge in [0.1, 0.15) is 18.0 Å². The maximum atomic E-state index is 6.04. The third-order valence-electron chi connectivity index (χ3n) is 4.84. The Morgan fingerprint density at radius 1 is 1.20 bits per heavy atom. The van der Waals surface area contributed by atoms with E-state index in [1.165, 1.54) is 24.1 Å². The van der Waals surface area contributed by atoms with E-state index in [2.05, 4.69) is 43.8 Å². The van der Waals surface area contributed by atoms with Crippen LogP contribution in [0.1, 0.15) is 43.1 Å². The zero-order valence-corrected chi connectivity index (χ0v) is 16.3. The van der Waals surface area contributed by atoms with Gasteiger partial charge in [-0.15, -0.1) is 0 Å². The van der Waals surface area contributed by atoms with Gasteiger partial charge in [-0.25, -0.2) is 0 Å². The Hall–Kier alpha value is -1.36.